The van der Waals surface area contributed by atoms with Crippen LogP contribution in [0.2, 0.25) is 0 Å². The van der Waals surface area contributed by atoms with Crippen molar-refractivity contribution in [1.82, 2.24) is 4.90 Å². The fourth-order valence-corrected chi connectivity index (χ4v) is 3.46. The number of halogens is 1. The van der Waals surface area contributed by atoms with Gasteiger partial charge >= 0.3 is 5.97 Å². The van der Waals surface area contributed by atoms with Gasteiger partial charge in [-0.2, -0.15) is 0 Å². The predicted molar refractivity (Wildman–Crippen MR) is 125 cm³/mol. The summed E-state index contributed by atoms with van der Waals surface area (Å²) in [5.74, 6) is -0.216. The summed E-state index contributed by atoms with van der Waals surface area (Å²) < 4.78 is 5.76. The van der Waals surface area contributed by atoms with Crippen LogP contribution in [0.1, 0.15) is 23.6 Å². The summed E-state index contributed by atoms with van der Waals surface area (Å²) in [5.41, 5.74) is 2.37. The maximum Gasteiger partial charge on any atom is 0.320 e. The lowest BCUT2D eigenvalue weighted by Crippen LogP contribution is -2.37. The van der Waals surface area contributed by atoms with Crippen LogP contribution in [0.25, 0.3) is 0 Å². The second kappa shape index (κ2) is 11.5. The van der Waals surface area contributed by atoms with Crippen molar-refractivity contribution in [2.45, 2.75) is 18.8 Å². The first kappa shape index (κ1) is 23.7. The molecule has 3 nitrogen and oxygen atoms in total. The fourth-order valence-electron chi connectivity index (χ4n) is 3.46. The van der Waals surface area contributed by atoms with E-state index in [1.807, 2.05) is 73.7 Å². The van der Waals surface area contributed by atoms with Gasteiger partial charge in [0.1, 0.15) is 12.0 Å². The third-order valence-corrected chi connectivity index (χ3v) is 5.44. The molecule has 0 unspecified atom stereocenters. The average molecular weight is 424 g/mol. The fraction of sp³-hybridized carbons (Fsp3) is 0.269. The number of carbonyl (C=O) groups excluding carboxylic acids is 1. The van der Waals surface area contributed by atoms with E-state index in [1.54, 1.807) is 0 Å². The Kier molecular flexibility index (Phi) is 9.10. The first-order valence-corrected chi connectivity index (χ1v) is 10.1. The molecule has 0 aliphatic heterocycles. The Morgan fingerprint density at radius 2 is 1.27 bits per heavy atom. The minimum absolute atomic E-state index is 0. The molecule has 0 saturated heterocycles. The summed E-state index contributed by atoms with van der Waals surface area (Å²) in [4.78, 5) is 15.4. The number of likely N-dealkylation sites (N-methyl/N-ethyl adjacent to an activating group) is 1. The molecule has 0 amide bonds. The molecule has 3 aromatic carbocycles. The number of nitrogens with zero attached hydrogens (tertiary/aromatic N) is 1. The largest absolute Gasteiger partial charge is 0.463 e. The summed E-state index contributed by atoms with van der Waals surface area (Å²) in [6.07, 6.45) is 0.983. The van der Waals surface area contributed by atoms with E-state index in [2.05, 4.69) is 36.2 Å². The van der Waals surface area contributed by atoms with Crippen molar-refractivity contribution in [1.29, 1.82) is 0 Å². The summed E-state index contributed by atoms with van der Waals surface area (Å²) >= 11 is 0. The van der Waals surface area contributed by atoms with Crippen molar-refractivity contribution in [2.75, 3.05) is 26.7 Å². The molecule has 0 aromatic heterocycles. The molecule has 0 radical (unpaired) electrons. The van der Waals surface area contributed by atoms with Crippen LogP contribution in [0.3, 0.4) is 0 Å². The minimum Gasteiger partial charge on any atom is -0.463 e. The smallest absolute Gasteiger partial charge is 0.320 e. The van der Waals surface area contributed by atoms with Crippen LogP contribution >= 0.6 is 12.4 Å². The Bertz CT molecular complexity index is 845. The van der Waals surface area contributed by atoms with Crippen molar-refractivity contribution in [3.8, 4) is 0 Å². The first-order valence-electron chi connectivity index (χ1n) is 10.1. The van der Waals surface area contributed by atoms with Gasteiger partial charge in [-0.3, -0.25) is 4.79 Å². The summed E-state index contributed by atoms with van der Waals surface area (Å²) in [6.45, 7) is 3.95. The Balaban J connectivity index is 0.00000320. The SMILES string of the molecule is CN(CCOC(=O)C(C)(c1ccccc1)c1ccccc1)CCc1ccccc1.Cl. The Morgan fingerprint density at radius 1 is 0.800 bits per heavy atom. The highest BCUT2D eigenvalue weighted by Crippen LogP contribution is 2.33. The molecule has 30 heavy (non-hydrogen) atoms. The second-order valence-electron chi connectivity index (χ2n) is 7.53. The van der Waals surface area contributed by atoms with Gasteiger partial charge in [-0.1, -0.05) is 91.0 Å². The zero-order valence-corrected chi connectivity index (χ0v) is 18.5. The van der Waals surface area contributed by atoms with Crippen molar-refractivity contribution in [2.24, 2.45) is 0 Å². The summed E-state index contributed by atoms with van der Waals surface area (Å²) in [5, 5.41) is 0. The molecule has 0 aliphatic carbocycles. The van der Waals surface area contributed by atoms with Crippen molar-refractivity contribution in [3.63, 3.8) is 0 Å². The molecule has 3 rings (SSSR count). The molecule has 3 aromatic rings. The van der Waals surface area contributed by atoms with Gasteiger partial charge < -0.3 is 9.64 Å². The van der Waals surface area contributed by atoms with Gasteiger partial charge in [0.25, 0.3) is 0 Å². The van der Waals surface area contributed by atoms with Crippen LogP contribution in [0.4, 0.5) is 0 Å². The molecule has 0 saturated carbocycles. The number of hydrogen-bond donors (Lipinski definition) is 0. The van der Waals surface area contributed by atoms with E-state index in [9.17, 15) is 4.79 Å². The van der Waals surface area contributed by atoms with E-state index in [4.69, 9.17) is 4.74 Å². The lowest BCUT2D eigenvalue weighted by molar-refractivity contribution is -0.148. The number of hydrogen-bond acceptors (Lipinski definition) is 3. The third kappa shape index (κ3) is 5.94. The molecule has 0 aliphatic rings. The molecular weight excluding hydrogens is 394 g/mol. The molecule has 0 spiro atoms. The van der Waals surface area contributed by atoms with Crippen LogP contribution < -0.4 is 0 Å². The van der Waals surface area contributed by atoms with Crippen LogP contribution in [0.5, 0.6) is 0 Å². The van der Waals surface area contributed by atoms with E-state index in [0.717, 1.165) is 24.1 Å². The van der Waals surface area contributed by atoms with Crippen LogP contribution in [0, 0.1) is 0 Å². The Labute approximate surface area is 186 Å². The molecule has 158 valence electrons. The quantitative estimate of drug-likeness (QED) is 0.447. The Morgan fingerprint density at radius 3 is 1.77 bits per heavy atom. The first-order chi connectivity index (χ1) is 14.1. The molecule has 0 N–H and O–H groups in total. The molecule has 4 heteroatoms. The van der Waals surface area contributed by atoms with Gasteiger partial charge in [0.2, 0.25) is 0 Å². The van der Waals surface area contributed by atoms with Crippen molar-refractivity contribution >= 4 is 18.4 Å². The highest BCUT2D eigenvalue weighted by atomic mass is 35.5. The van der Waals surface area contributed by atoms with E-state index in [-0.39, 0.29) is 18.4 Å². The number of esters is 1. The zero-order chi connectivity index (χ0) is 20.5. The highest BCUT2D eigenvalue weighted by Gasteiger charge is 2.38. The van der Waals surface area contributed by atoms with Gasteiger partial charge in [0.15, 0.2) is 0 Å². The number of carbonyl (C=O) groups is 1. The second-order valence-corrected chi connectivity index (χ2v) is 7.53. The minimum atomic E-state index is -0.828. The summed E-state index contributed by atoms with van der Waals surface area (Å²) in [7, 11) is 2.06. The average Bonchev–Trinajstić information content (AvgIpc) is 2.79. The maximum absolute atomic E-state index is 13.2. The predicted octanol–water partition coefficient (Wildman–Crippen LogP) is 5.13. The van der Waals surface area contributed by atoms with Crippen molar-refractivity contribution < 1.29 is 9.53 Å². The molecular formula is C26H30ClNO2. The van der Waals surface area contributed by atoms with E-state index >= 15 is 0 Å². The maximum atomic E-state index is 13.2. The molecule has 0 bridgehead atoms. The highest BCUT2D eigenvalue weighted by molar-refractivity contribution is 5.87. The monoisotopic (exact) mass is 423 g/mol. The normalized spacial score (nSPS) is 11.0. The molecule has 0 fully saturated rings. The van der Waals surface area contributed by atoms with Gasteiger partial charge in [-0.25, -0.2) is 0 Å². The van der Waals surface area contributed by atoms with E-state index < -0.39 is 5.41 Å². The third-order valence-electron chi connectivity index (χ3n) is 5.44. The van der Waals surface area contributed by atoms with E-state index in [1.165, 1.54) is 5.56 Å². The van der Waals surface area contributed by atoms with Gasteiger partial charge in [0.05, 0.1) is 0 Å². The number of ether oxygens (including phenoxy) is 1. The zero-order valence-electron chi connectivity index (χ0n) is 17.7. The van der Waals surface area contributed by atoms with Gasteiger partial charge in [-0.05, 0) is 37.1 Å². The van der Waals surface area contributed by atoms with Crippen LogP contribution in [-0.4, -0.2) is 37.6 Å². The topological polar surface area (TPSA) is 29.5 Å². The standard InChI is InChI=1S/C26H29NO2.ClH/c1-26(23-14-8-4-9-15-23,24-16-10-5-11-17-24)25(28)29-21-20-27(2)19-18-22-12-6-3-7-13-22;/h3-17H,18-21H2,1-2H3;1H. The van der Waals surface area contributed by atoms with Crippen molar-refractivity contribution in [3.05, 3.63) is 108 Å². The van der Waals surface area contributed by atoms with Crippen LogP contribution in [-0.2, 0) is 21.4 Å². The lowest BCUT2D eigenvalue weighted by atomic mass is 9.76. The van der Waals surface area contributed by atoms with Gasteiger partial charge in [-0.15, -0.1) is 12.4 Å². The molecule has 0 heterocycles. The molecule has 0 atom stereocenters. The van der Waals surface area contributed by atoms with E-state index in [0.29, 0.717) is 13.2 Å². The Hall–Kier alpha value is -2.62. The van der Waals surface area contributed by atoms with Gasteiger partial charge in [0, 0.05) is 13.1 Å². The number of benzene rings is 3. The lowest BCUT2D eigenvalue weighted by Gasteiger charge is -2.29. The van der Waals surface area contributed by atoms with Crippen LogP contribution in [0.15, 0.2) is 91.0 Å². The number of rotatable bonds is 9. The summed E-state index contributed by atoms with van der Waals surface area (Å²) in [6, 6.07) is 30.1.